The van der Waals surface area contributed by atoms with Gasteiger partial charge >= 0.3 is 0 Å². The van der Waals surface area contributed by atoms with E-state index in [1.165, 1.54) is 6.07 Å². The predicted molar refractivity (Wildman–Crippen MR) is 71.6 cm³/mol. The number of benzene rings is 1. The number of rotatable bonds is 7. The molecular formula is C15H23F2N. The summed E-state index contributed by atoms with van der Waals surface area (Å²) in [6.07, 6.45) is 2.69. The van der Waals surface area contributed by atoms with Crippen LogP contribution in [0.25, 0.3) is 0 Å². The van der Waals surface area contributed by atoms with Gasteiger partial charge in [-0.1, -0.05) is 26.8 Å². The fourth-order valence-corrected chi connectivity index (χ4v) is 1.89. The van der Waals surface area contributed by atoms with Crippen molar-refractivity contribution in [3.63, 3.8) is 0 Å². The summed E-state index contributed by atoms with van der Waals surface area (Å²) in [4.78, 5) is 0. The molecule has 1 aromatic rings. The van der Waals surface area contributed by atoms with Crippen LogP contribution in [0.15, 0.2) is 18.2 Å². The summed E-state index contributed by atoms with van der Waals surface area (Å²) in [5, 5.41) is 3.37. The number of nitrogens with one attached hydrogen (secondary N) is 1. The maximum absolute atomic E-state index is 13.4. The van der Waals surface area contributed by atoms with Gasteiger partial charge in [-0.25, -0.2) is 8.78 Å². The first-order chi connectivity index (χ1) is 8.49. The second-order valence-corrected chi connectivity index (χ2v) is 5.28. The summed E-state index contributed by atoms with van der Waals surface area (Å²) in [5.74, 6) is -0.395. The lowest BCUT2D eigenvalue weighted by atomic mass is 9.98. The molecule has 0 aliphatic heterocycles. The van der Waals surface area contributed by atoms with Crippen LogP contribution in [0, 0.1) is 17.6 Å². The van der Waals surface area contributed by atoms with Crippen LogP contribution < -0.4 is 5.32 Å². The van der Waals surface area contributed by atoms with Gasteiger partial charge in [0.05, 0.1) is 0 Å². The molecule has 3 heteroatoms. The zero-order valence-corrected chi connectivity index (χ0v) is 11.5. The first-order valence-corrected chi connectivity index (χ1v) is 6.66. The fraction of sp³-hybridized carbons (Fsp3) is 0.600. The van der Waals surface area contributed by atoms with E-state index in [0.29, 0.717) is 23.9 Å². The number of hydrogen-bond acceptors (Lipinski definition) is 1. The molecule has 1 atom stereocenters. The van der Waals surface area contributed by atoms with E-state index in [-0.39, 0.29) is 0 Å². The largest absolute Gasteiger partial charge is 0.315 e. The van der Waals surface area contributed by atoms with Gasteiger partial charge < -0.3 is 5.32 Å². The average Bonchev–Trinajstić information content (AvgIpc) is 2.27. The maximum atomic E-state index is 13.4. The molecule has 0 aromatic heterocycles. The molecule has 1 nitrogen and oxygen atoms in total. The monoisotopic (exact) mass is 255 g/mol. The van der Waals surface area contributed by atoms with E-state index in [2.05, 4.69) is 26.1 Å². The second-order valence-electron chi connectivity index (χ2n) is 5.28. The maximum Gasteiger partial charge on any atom is 0.129 e. The van der Waals surface area contributed by atoms with Gasteiger partial charge in [0.1, 0.15) is 11.6 Å². The van der Waals surface area contributed by atoms with Crippen molar-refractivity contribution in [2.24, 2.45) is 5.92 Å². The quantitative estimate of drug-likeness (QED) is 0.778. The van der Waals surface area contributed by atoms with E-state index in [4.69, 9.17) is 0 Å². The Labute approximate surface area is 109 Å². The number of aryl methyl sites for hydroxylation is 1. The van der Waals surface area contributed by atoms with Crippen LogP contribution in [0.4, 0.5) is 8.78 Å². The van der Waals surface area contributed by atoms with Gasteiger partial charge in [-0.15, -0.1) is 0 Å². The molecule has 0 spiro atoms. The molecular weight excluding hydrogens is 232 g/mol. The Morgan fingerprint density at radius 2 is 1.83 bits per heavy atom. The standard InChI is InChI=1S/C15H23F2N/c1-11(2)18-9-8-12(3)4-5-13-6-7-14(16)10-15(13)17/h6-7,10-12,18H,4-5,8-9H2,1-3H3. The minimum atomic E-state index is -0.509. The Kier molecular flexibility index (Phi) is 6.27. The molecule has 0 saturated carbocycles. The van der Waals surface area contributed by atoms with Crippen LogP contribution in [-0.2, 0) is 6.42 Å². The number of halogens is 2. The molecule has 1 aromatic carbocycles. The molecule has 0 fully saturated rings. The van der Waals surface area contributed by atoms with E-state index in [1.807, 2.05) is 0 Å². The minimum Gasteiger partial charge on any atom is -0.315 e. The van der Waals surface area contributed by atoms with Gasteiger partial charge in [-0.3, -0.25) is 0 Å². The van der Waals surface area contributed by atoms with Crippen LogP contribution in [0.1, 0.15) is 39.2 Å². The van der Waals surface area contributed by atoms with Crippen molar-refractivity contribution >= 4 is 0 Å². The highest BCUT2D eigenvalue weighted by Crippen LogP contribution is 2.16. The van der Waals surface area contributed by atoms with Crippen molar-refractivity contribution in [3.05, 3.63) is 35.4 Å². The van der Waals surface area contributed by atoms with Crippen LogP contribution in [0.2, 0.25) is 0 Å². The summed E-state index contributed by atoms with van der Waals surface area (Å²) >= 11 is 0. The van der Waals surface area contributed by atoms with Crippen LogP contribution >= 0.6 is 0 Å². The van der Waals surface area contributed by atoms with Crippen LogP contribution in [0.5, 0.6) is 0 Å². The lowest BCUT2D eigenvalue weighted by Gasteiger charge is -2.13. The molecule has 102 valence electrons. The lowest BCUT2D eigenvalue weighted by molar-refractivity contribution is 0.450. The Morgan fingerprint density at radius 3 is 2.44 bits per heavy atom. The summed E-state index contributed by atoms with van der Waals surface area (Å²) in [7, 11) is 0. The highest BCUT2D eigenvalue weighted by molar-refractivity contribution is 5.18. The molecule has 0 saturated heterocycles. The van der Waals surface area contributed by atoms with E-state index in [9.17, 15) is 8.78 Å². The molecule has 0 amide bonds. The molecule has 0 bridgehead atoms. The topological polar surface area (TPSA) is 12.0 Å². The van der Waals surface area contributed by atoms with Crippen LogP contribution in [-0.4, -0.2) is 12.6 Å². The van der Waals surface area contributed by atoms with Crippen molar-refractivity contribution in [3.8, 4) is 0 Å². The van der Waals surface area contributed by atoms with E-state index in [1.54, 1.807) is 6.07 Å². The van der Waals surface area contributed by atoms with Gasteiger partial charge in [0, 0.05) is 12.1 Å². The van der Waals surface area contributed by atoms with Gasteiger partial charge in [0.15, 0.2) is 0 Å². The Hall–Kier alpha value is -0.960. The Balaban J connectivity index is 2.31. The van der Waals surface area contributed by atoms with Gasteiger partial charge in [-0.2, -0.15) is 0 Å². The SMILES string of the molecule is CC(CCNC(C)C)CCc1ccc(F)cc1F. The summed E-state index contributed by atoms with van der Waals surface area (Å²) in [6, 6.07) is 4.33. The minimum absolute atomic E-state index is 0.428. The molecule has 0 heterocycles. The number of hydrogen-bond donors (Lipinski definition) is 1. The van der Waals surface area contributed by atoms with E-state index in [0.717, 1.165) is 25.5 Å². The third kappa shape index (κ3) is 5.58. The highest BCUT2D eigenvalue weighted by atomic mass is 19.1. The summed E-state index contributed by atoms with van der Waals surface area (Å²) < 4.78 is 26.1. The van der Waals surface area contributed by atoms with Crippen molar-refractivity contribution in [2.45, 2.75) is 46.1 Å². The van der Waals surface area contributed by atoms with Gasteiger partial charge in [0.2, 0.25) is 0 Å². The Bertz CT molecular complexity index is 364. The van der Waals surface area contributed by atoms with Crippen LogP contribution in [0.3, 0.4) is 0 Å². The molecule has 0 radical (unpaired) electrons. The van der Waals surface area contributed by atoms with E-state index >= 15 is 0 Å². The molecule has 0 aliphatic carbocycles. The molecule has 1 rings (SSSR count). The molecule has 1 N–H and O–H groups in total. The van der Waals surface area contributed by atoms with Crippen molar-refractivity contribution < 1.29 is 8.78 Å². The smallest absolute Gasteiger partial charge is 0.129 e. The second kappa shape index (κ2) is 7.47. The molecule has 18 heavy (non-hydrogen) atoms. The third-order valence-corrected chi connectivity index (χ3v) is 3.11. The zero-order valence-electron chi connectivity index (χ0n) is 11.5. The molecule has 1 unspecified atom stereocenters. The average molecular weight is 255 g/mol. The van der Waals surface area contributed by atoms with E-state index < -0.39 is 11.6 Å². The molecule has 0 aliphatic rings. The zero-order chi connectivity index (χ0) is 13.5. The first-order valence-electron chi connectivity index (χ1n) is 6.66. The summed E-state index contributed by atoms with van der Waals surface area (Å²) in [5.41, 5.74) is 0.611. The predicted octanol–water partition coefficient (Wildman–Crippen LogP) is 3.92. The highest BCUT2D eigenvalue weighted by Gasteiger charge is 2.07. The van der Waals surface area contributed by atoms with Gasteiger partial charge in [0.25, 0.3) is 0 Å². The third-order valence-electron chi connectivity index (χ3n) is 3.11. The van der Waals surface area contributed by atoms with Gasteiger partial charge in [-0.05, 0) is 43.4 Å². The first kappa shape index (κ1) is 15.1. The van der Waals surface area contributed by atoms with Crippen molar-refractivity contribution in [1.29, 1.82) is 0 Å². The van der Waals surface area contributed by atoms with Crippen molar-refractivity contribution in [2.75, 3.05) is 6.54 Å². The summed E-state index contributed by atoms with van der Waals surface area (Å²) in [6.45, 7) is 7.41. The lowest BCUT2D eigenvalue weighted by Crippen LogP contribution is -2.25. The van der Waals surface area contributed by atoms with Crippen molar-refractivity contribution in [1.82, 2.24) is 5.32 Å². The Morgan fingerprint density at radius 1 is 1.11 bits per heavy atom. The normalized spacial score (nSPS) is 13.0. The fourth-order valence-electron chi connectivity index (χ4n) is 1.89.